The van der Waals surface area contributed by atoms with Crippen molar-refractivity contribution in [1.29, 1.82) is 0 Å². The van der Waals surface area contributed by atoms with E-state index < -0.39 is 6.10 Å². The fraction of sp³-hybridized carbons (Fsp3) is 0.231. The Morgan fingerprint density at radius 1 is 1.18 bits per heavy atom. The molecular formula is C13H16Cl2OTi. The first kappa shape index (κ1) is 19.3. The van der Waals surface area contributed by atoms with E-state index in [4.69, 9.17) is 0 Å². The minimum Gasteiger partial charge on any atom is -0.389 e. The molecular weight excluding hydrogens is 291 g/mol. The Kier molecular flexibility index (Phi) is 10.2. The zero-order chi connectivity index (χ0) is 9.97. The van der Waals surface area contributed by atoms with E-state index in [0.29, 0.717) is 0 Å². The molecule has 0 spiro atoms. The maximum Gasteiger partial charge on any atom is 0.0767 e. The normalized spacial score (nSPS) is 13.9. The molecule has 0 aliphatic heterocycles. The Bertz CT molecular complexity index is 400. The van der Waals surface area contributed by atoms with Crippen LogP contribution in [0.5, 0.6) is 0 Å². The van der Waals surface area contributed by atoms with Gasteiger partial charge in [-0.05, 0) is 30.0 Å². The van der Waals surface area contributed by atoms with E-state index in [1.165, 1.54) is 11.1 Å². The average Bonchev–Trinajstić information content (AvgIpc) is 2.70. The van der Waals surface area contributed by atoms with Crippen LogP contribution in [0.3, 0.4) is 0 Å². The van der Waals surface area contributed by atoms with Crippen molar-refractivity contribution in [3.8, 4) is 0 Å². The average molecular weight is 307 g/mol. The fourth-order valence-electron chi connectivity index (χ4n) is 1.80. The van der Waals surface area contributed by atoms with Crippen LogP contribution in [0, 0.1) is 0 Å². The van der Waals surface area contributed by atoms with Crippen LogP contribution in [-0.2, 0) is 21.7 Å². The number of aliphatic hydroxyl groups is 1. The molecule has 0 bridgehead atoms. The zero-order valence-corrected chi connectivity index (χ0v) is 12.8. The zero-order valence-electron chi connectivity index (χ0n) is 9.59. The quantitative estimate of drug-likeness (QED) is 0.821. The molecule has 1 unspecified atom stereocenters. The summed E-state index contributed by atoms with van der Waals surface area (Å²) < 4.78 is 0. The summed E-state index contributed by atoms with van der Waals surface area (Å²) in [6.07, 6.45) is 6.89. The maximum atomic E-state index is 9.62. The maximum absolute atomic E-state index is 9.62. The van der Waals surface area contributed by atoms with Gasteiger partial charge in [0.05, 0.1) is 6.10 Å². The Hall–Kier alpha value is -0.0457. The van der Waals surface area contributed by atoms with Crippen molar-refractivity contribution in [1.82, 2.24) is 0 Å². The van der Waals surface area contributed by atoms with E-state index in [-0.39, 0.29) is 46.5 Å². The number of rotatable bonds is 2. The van der Waals surface area contributed by atoms with Gasteiger partial charge in [0, 0.05) is 21.7 Å². The number of hydrogen-bond acceptors (Lipinski definition) is 1. The molecule has 0 fully saturated rings. The second-order valence-electron chi connectivity index (χ2n) is 3.59. The summed E-state index contributed by atoms with van der Waals surface area (Å²) in [6, 6.07) is 8.04. The first-order chi connectivity index (χ1) is 6.79. The van der Waals surface area contributed by atoms with Gasteiger partial charge in [-0.3, -0.25) is 0 Å². The third kappa shape index (κ3) is 4.61. The third-order valence-corrected chi connectivity index (χ3v) is 2.53. The van der Waals surface area contributed by atoms with Crippen molar-refractivity contribution in [3.05, 3.63) is 53.6 Å². The predicted molar refractivity (Wildman–Crippen MR) is 73.3 cm³/mol. The van der Waals surface area contributed by atoms with Gasteiger partial charge in [0.2, 0.25) is 0 Å². The van der Waals surface area contributed by atoms with Crippen LogP contribution in [0.1, 0.15) is 30.6 Å². The second-order valence-corrected chi connectivity index (χ2v) is 3.59. The van der Waals surface area contributed by atoms with Gasteiger partial charge in [0.1, 0.15) is 0 Å². The standard InChI is InChI=1S/C13H14O.2ClH.Ti/c1-10(14)12-8-4-5-9-13(12)11-6-2-3-7-11;;;/h2-6,8-10,14H,7H2,1H3;2*1H;. The second kappa shape index (κ2) is 8.96. The first-order valence-corrected chi connectivity index (χ1v) is 4.92. The third-order valence-electron chi connectivity index (χ3n) is 2.53. The Morgan fingerprint density at radius 3 is 2.35 bits per heavy atom. The van der Waals surface area contributed by atoms with Crippen LogP contribution >= 0.6 is 24.8 Å². The Labute approximate surface area is 130 Å². The van der Waals surface area contributed by atoms with E-state index in [2.05, 4.69) is 24.3 Å². The van der Waals surface area contributed by atoms with Crippen molar-refractivity contribution < 1.29 is 26.8 Å². The van der Waals surface area contributed by atoms with Gasteiger partial charge < -0.3 is 5.11 Å². The van der Waals surface area contributed by atoms with E-state index in [1.807, 2.05) is 25.1 Å². The molecule has 1 aromatic rings. The van der Waals surface area contributed by atoms with Crippen LogP contribution in [-0.4, -0.2) is 5.11 Å². The molecule has 0 aromatic heterocycles. The summed E-state index contributed by atoms with van der Waals surface area (Å²) >= 11 is 0. The Morgan fingerprint density at radius 2 is 1.82 bits per heavy atom. The smallest absolute Gasteiger partial charge is 0.0767 e. The van der Waals surface area contributed by atoms with Gasteiger partial charge in [-0.1, -0.05) is 42.5 Å². The SMILES string of the molecule is CC(O)c1ccccc1C1=CC=CC1.Cl.Cl.[Ti]. The number of aliphatic hydroxyl groups excluding tert-OH is 1. The molecule has 1 nitrogen and oxygen atoms in total. The van der Waals surface area contributed by atoms with Gasteiger partial charge in [0.25, 0.3) is 0 Å². The summed E-state index contributed by atoms with van der Waals surface area (Å²) in [5.41, 5.74) is 3.48. The van der Waals surface area contributed by atoms with Crippen molar-refractivity contribution in [2.24, 2.45) is 0 Å². The van der Waals surface area contributed by atoms with Crippen LogP contribution < -0.4 is 0 Å². The minimum atomic E-state index is -0.396. The summed E-state index contributed by atoms with van der Waals surface area (Å²) in [4.78, 5) is 0. The molecule has 4 heteroatoms. The molecule has 2 rings (SSSR count). The van der Waals surface area contributed by atoms with Gasteiger partial charge in [-0.15, -0.1) is 24.8 Å². The van der Waals surface area contributed by atoms with Crippen molar-refractivity contribution in [3.63, 3.8) is 0 Å². The summed E-state index contributed by atoms with van der Waals surface area (Å²) in [5.74, 6) is 0. The fourth-order valence-corrected chi connectivity index (χ4v) is 1.80. The van der Waals surface area contributed by atoms with Crippen LogP contribution in [0.2, 0.25) is 0 Å². The molecule has 92 valence electrons. The molecule has 1 aliphatic carbocycles. The largest absolute Gasteiger partial charge is 0.389 e. The molecule has 1 aromatic carbocycles. The van der Waals surface area contributed by atoms with Crippen LogP contribution in [0.25, 0.3) is 5.57 Å². The topological polar surface area (TPSA) is 20.2 Å². The number of hydrogen-bond donors (Lipinski definition) is 1. The van der Waals surface area contributed by atoms with E-state index >= 15 is 0 Å². The van der Waals surface area contributed by atoms with Crippen molar-refractivity contribution >= 4 is 30.4 Å². The summed E-state index contributed by atoms with van der Waals surface area (Å²) in [6.45, 7) is 1.81. The molecule has 1 aliphatic rings. The van der Waals surface area contributed by atoms with Crippen molar-refractivity contribution in [2.45, 2.75) is 19.4 Å². The van der Waals surface area contributed by atoms with Crippen LogP contribution in [0.4, 0.5) is 0 Å². The van der Waals surface area contributed by atoms with Gasteiger partial charge in [-0.2, -0.15) is 0 Å². The molecule has 1 atom stereocenters. The van der Waals surface area contributed by atoms with Gasteiger partial charge in [0.15, 0.2) is 0 Å². The Balaban J connectivity index is 0. The molecule has 0 amide bonds. The van der Waals surface area contributed by atoms with Gasteiger partial charge >= 0.3 is 0 Å². The minimum absolute atomic E-state index is 0. The number of halogens is 2. The summed E-state index contributed by atoms with van der Waals surface area (Å²) in [7, 11) is 0. The predicted octanol–water partition coefficient (Wildman–Crippen LogP) is 3.92. The molecule has 1 N–H and O–H groups in total. The number of allylic oxidation sites excluding steroid dienone is 4. The first-order valence-electron chi connectivity index (χ1n) is 4.92. The molecule has 0 saturated carbocycles. The van der Waals surface area contributed by atoms with Crippen LogP contribution in [0.15, 0.2) is 42.5 Å². The molecule has 0 radical (unpaired) electrons. The van der Waals surface area contributed by atoms with Crippen molar-refractivity contribution in [2.75, 3.05) is 0 Å². The molecule has 17 heavy (non-hydrogen) atoms. The van der Waals surface area contributed by atoms with E-state index in [0.717, 1.165) is 12.0 Å². The van der Waals surface area contributed by atoms with Gasteiger partial charge in [-0.25, -0.2) is 0 Å². The van der Waals surface area contributed by atoms with E-state index in [1.54, 1.807) is 0 Å². The monoisotopic (exact) mass is 306 g/mol. The summed E-state index contributed by atoms with van der Waals surface area (Å²) in [5, 5.41) is 9.62. The molecule has 0 heterocycles. The number of benzene rings is 1. The molecule has 0 saturated heterocycles. The van der Waals surface area contributed by atoms with E-state index in [9.17, 15) is 5.11 Å².